The zero-order valence-electron chi connectivity index (χ0n) is 11.3. The fraction of sp³-hybridized carbons (Fsp3) is 0.533. The number of carbonyl (C=O) groups excluding carboxylic acids is 1. The Bertz CT molecular complexity index is 442. The molecule has 3 rings (SSSR count). The molecule has 0 spiro atoms. The molecule has 2 aliphatic rings. The summed E-state index contributed by atoms with van der Waals surface area (Å²) in [5.41, 5.74) is 2.35. The Hall–Kier alpha value is -1.55. The van der Waals surface area contributed by atoms with Crippen LogP contribution in [0.15, 0.2) is 24.3 Å². The van der Waals surface area contributed by atoms with Gasteiger partial charge in [-0.3, -0.25) is 4.79 Å². The molecule has 0 aromatic heterocycles. The molecule has 4 heteroatoms. The second-order valence-electron chi connectivity index (χ2n) is 5.32. The van der Waals surface area contributed by atoms with Crippen molar-refractivity contribution in [2.45, 2.75) is 31.4 Å². The van der Waals surface area contributed by atoms with Gasteiger partial charge in [0, 0.05) is 32.3 Å². The average molecular weight is 260 g/mol. The number of anilines is 1. The molecule has 102 valence electrons. The zero-order chi connectivity index (χ0) is 13.2. The highest BCUT2D eigenvalue weighted by Crippen LogP contribution is 2.26. The van der Waals surface area contributed by atoms with Crippen molar-refractivity contribution in [2.24, 2.45) is 0 Å². The average Bonchev–Trinajstić information content (AvgIpc) is 2.90. The van der Waals surface area contributed by atoms with E-state index in [-0.39, 0.29) is 11.9 Å². The molecule has 1 atom stereocenters. The van der Waals surface area contributed by atoms with Gasteiger partial charge in [-0.2, -0.15) is 0 Å². The maximum Gasteiger partial charge on any atom is 0.245 e. The van der Waals surface area contributed by atoms with E-state index in [1.807, 2.05) is 23.1 Å². The molecule has 2 heterocycles. The number of para-hydroxylation sites is 1. The van der Waals surface area contributed by atoms with E-state index in [4.69, 9.17) is 4.74 Å². The number of benzene rings is 1. The third-order valence-corrected chi connectivity index (χ3v) is 4.16. The van der Waals surface area contributed by atoms with Crippen LogP contribution in [0.1, 0.15) is 18.4 Å². The molecule has 1 N–H and O–H groups in total. The van der Waals surface area contributed by atoms with Gasteiger partial charge in [0.05, 0.1) is 6.10 Å². The predicted molar refractivity (Wildman–Crippen MR) is 74.2 cm³/mol. The molecule has 1 fully saturated rings. The predicted octanol–water partition coefficient (Wildman–Crippen LogP) is 1.66. The lowest BCUT2D eigenvalue weighted by Gasteiger charge is -2.32. The van der Waals surface area contributed by atoms with Gasteiger partial charge >= 0.3 is 0 Å². The van der Waals surface area contributed by atoms with Gasteiger partial charge in [0.15, 0.2) is 0 Å². The minimum Gasteiger partial charge on any atom is -0.381 e. The maximum absolute atomic E-state index is 12.5. The molecule has 0 radical (unpaired) electrons. The molecule has 0 bridgehead atoms. The highest BCUT2D eigenvalue weighted by Gasteiger charge is 2.31. The van der Waals surface area contributed by atoms with Gasteiger partial charge in [0.25, 0.3) is 0 Å². The smallest absolute Gasteiger partial charge is 0.245 e. The highest BCUT2D eigenvalue weighted by atomic mass is 16.5. The van der Waals surface area contributed by atoms with E-state index in [0.29, 0.717) is 6.10 Å². The fourth-order valence-corrected chi connectivity index (χ4v) is 2.98. The fourth-order valence-electron chi connectivity index (χ4n) is 2.98. The Kier molecular flexibility index (Phi) is 3.42. The van der Waals surface area contributed by atoms with Crippen LogP contribution in [0.5, 0.6) is 0 Å². The van der Waals surface area contributed by atoms with E-state index in [2.05, 4.69) is 11.4 Å². The Balaban J connectivity index is 1.61. The molecule has 0 unspecified atom stereocenters. The lowest BCUT2D eigenvalue weighted by atomic mass is 10.1. The first kappa shape index (κ1) is 12.5. The number of amides is 1. The molecule has 0 aliphatic carbocycles. The van der Waals surface area contributed by atoms with Crippen LogP contribution >= 0.6 is 0 Å². The number of piperidine rings is 1. The normalized spacial score (nSPS) is 23.0. The third kappa shape index (κ3) is 2.45. The second kappa shape index (κ2) is 5.21. The van der Waals surface area contributed by atoms with Crippen LogP contribution in [0.3, 0.4) is 0 Å². The summed E-state index contributed by atoms with van der Waals surface area (Å²) in [4.78, 5) is 14.5. The van der Waals surface area contributed by atoms with E-state index < -0.39 is 0 Å². The molecule has 19 heavy (non-hydrogen) atoms. The minimum atomic E-state index is -0.0866. The zero-order valence-corrected chi connectivity index (χ0v) is 11.3. The molecule has 1 aromatic rings. The van der Waals surface area contributed by atoms with Crippen molar-refractivity contribution in [3.8, 4) is 0 Å². The monoisotopic (exact) mass is 260 g/mol. The lowest BCUT2D eigenvalue weighted by Crippen LogP contribution is -2.47. The van der Waals surface area contributed by atoms with Crippen LogP contribution < -0.4 is 5.32 Å². The van der Waals surface area contributed by atoms with Crippen molar-refractivity contribution >= 4 is 11.6 Å². The summed E-state index contributed by atoms with van der Waals surface area (Å²) in [6, 6.07) is 8.07. The minimum absolute atomic E-state index is 0.0866. The summed E-state index contributed by atoms with van der Waals surface area (Å²) < 4.78 is 5.34. The SMILES string of the molecule is COC1CCN(C(=O)[C@@H]2Cc3ccccc3N2)CC1. The number of rotatable bonds is 2. The number of hydrogen-bond acceptors (Lipinski definition) is 3. The summed E-state index contributed by atoms with van der Waals surface area (Å²) in [6.45, 7) is 1.62. The van der Waals surface area contributed by atoms with Crippen LogP contribution in [0.25, 0.3) is 0 Å². The van der Waals surface area contributed by atoms with Crippen molar-refractivity contribution in [2.75, 3.05) is 25.5 Å². The van der Waals surface area contributed by atoms with Crippen LogP contribution in [-0.4, -0.2) is 43.2 Å². The molecule has 0 saturated carbocycles. The molecule has 1 aromatic carbocycles. The molecule has 1 saturated heterocycles. The van der Waals surface area contributed by atoms with E-state index >= 15 is 0 Å². The Labute approximate surface area is 113 Å². The number of nitrogens with zero attached hydrogens (tertiary/aromatic N) is 1. The highest BCUT2D eigenvalue weighted by molar-refractivity contribution is 5.87. The van der Waals surface area contributed by atoms with Gasteiger partial charge < -0.3 is 15.0 Å². The molecule has 1 amide bonds. The Morgan fingerprint density at radius 3 is 2.74 bits per heavy atom. The van der Waals surface area contributed by atoms with Gasteiger partial charge in [-0.1, -0.05) is 18.2 Å². The van der Waals surface area contributed by atoms with Gasteiger partial charge in [0.2, 0.25) is 5.91 Å². The van der Waals surface area contributed by atoms with E-state index in [9.17, 15) is 4.79 Å². The largest absolute Gasteiger partial charge is 0.381 e. The van der Waals surface area contributed by atoms with Crippen molar-refractivity contribution in [1.82, 2.24) is 4.90 Å². The van der Waals surface area contributed by atoms with Crippen molar-refractivity contribution < 1.29 is 9.53 Å². The third-order valence-electron chi connectivity index (χ3n) is 4.16. The maximum atomic E-state index is 12.5. The van der Waals surface area contributed by atoms with Crippen LogP contribution in [0, 0.1) is 0 Å². The molecular formula is C15H20N2O2. The number of ether oxygens (including phenoxy) is 1. The molecular weight excluding hydrogens is 240 g/mol. The molecule has 4 nitrogen and oxygen atoms in total. The van der Waals surface area contributed by atoms with E-state index in [1.54, 1.807) is 7.11 Å². The second-order valence-corrected chi connectivity index (χ2v) is 5.32. The van der Waals surface area contributed by atoms with E-state index in [0.717, 1.165) is 38.0 Å². The summed E-state index contributed by atoms with van der Waals surface area (Å²) in [5.74, 6) is 0.228. The Morgan fingerprint density at radius 2 is 2.05 bits per heavy atom. The van der Waals surface area contributed by atoms with Gasteiger partial charge in [-0.15, -0.1) is 0 Å². The number of carbonyl (C=O) groups is 1. The van der Waals surface area contributed by atoms with Crippen LogP contribution in [0.4, 0.5) is 5.69 Å². The van der Waals surface area contributed by atoms with Crippen molar-refractivity contribution in [1.29, 1.82) is 0 Å². The summed E-state index contributed by atoms with van der Waals surface area (Å²) >= 11 is 0. The van der Waals surface area contributed by atoms with Gasteiger partial charge in [-0.05, 0) is 24.5 Å². The first-order chi connectivity index (χ1) is 9.28. The first-order valence-electron chi connectivity index (χ1n) is 6.94. The summed E-state index contributed by atoms with van der Waals surface area (Å²) in [5, 5.41) is 3.33. The van der Waals surface area contributed by atoms with E-state index in [1.165, 1.54) is 5.56 Å². The first-order valence-corrected chi connectivity index (χ1v) is 6.94. The summed E-state index contributed by atoms with van der Waals surface area (Å²) in [6.07, 6.45) is 3.01. The molecule has 2 aliphatic heterocycles. The topological polar surface area (TPSA) is 41.6 Å². The quantitative estimate of drug-likeness (QED) is 0.879. The number of nitrogens with one attached hydrogen (secondary N) is 1. The van der Waals surface area contributed by atoms with Gasteiger partial charge in [0.1, 0.15) is 6.04 Å². The summed E-state index contributed by atoms with van der Waals surface area (Å²) in [7, 11) is 1.75. The number of methoxy groups -OCH3 is 1. The van der Waals surface area contributed by atoms with Crippen LogP contribution in [0.2, 0.25) is 0 Å². The van der Waals surface area contributed by atoms with Gasteiger partial charge in [-0.25, -0.2) is 0 Å². The standard InChI is InChI=1S/C15H20N2O2/c1-19-12-6-8-17(9-7-12)15(18)14-10-11-4-2-3-5-13(11)16-14/h2-5,12,14,16H,6-10H2,1H3/t14-/m0/s1. The van der Waals surface area contributed by atoms with Crippen LogP contribution in [-0.2, 0) is 16.0 Å². The van der Waals surface area contributed by atoms with Crippen molar-refractivity contribution in [3.05, 3.63) is 29.8 Å². The number of likely N-dealkylation sites (tertiary alicyclic amines) is 1. The Morgan fingerprint density at radius 1 is 1.32 bits per heavy atom. The lowest BCUT2D eigenvalue weighted by molar-refractivity contribution is -0.134. The van der Waals surface area contributed by atoms with Crippen molar-refractivity contribution in [3.63, 3.8) is 0 Å². The number of hydrogen-bond donors (Lipinski definition) is 1. The number of fused-ring (bicyclic) bond motifs is 1.